The maximum atomic E-state index is 11.6. The number of imidazole rings is 1. The van der Waals surface area contributed by atoms with Crippen LogP contribution in [0.3, 0.4) is 0 Å². The van der Waals surface area contributed by atoms with Crippen molar-refractivity contribution < 1.29 is 19.4 Å². The summed E-state index contributed by atoms with van der Waals surface area (Å²) in [6.45, 7) is 4.00. The van der Waals surface area contributed by atoms with Crippen LogP contribution in [0, 0.1) is 0 Å². The molecule has 4 aromatic rings. The molecule has 1 atom stereocenters. The number of aromatic nitrogens is 2. The van der Waals surface area contributed by atoms with Gasteiger partial charge in [0.2, 0.25) is 0 Å². The molecule has 3 heterocycles. The van der Waals surface area contributed by atoms with Crippen LogP contribution < -0.4 is 4.74 Å². The van der Waals surface area contributed by atoms with Gasteiger partial charge >= 0.3 is 5.97 Å². The quantitative estimate of drug-likeness (QED) is 0.345. The number of rotatable bonds is 7. The van der Waals surface area contributed by atoms with Crippen molar-refractivity contribution in [2.75, 3.05) is 19.7 Å². The second-order valence-electron chi connectivity index (χ2n) is 9.69. The number of nitrogens with zero attached hydrogens (tertiary/aromatic N) is 3. The zero-order valence-corrected chi connectivity index (χ0v) is 21.2. The van der Waals surface area contributed by atoms with Gasteiger partial charge < -0.3 is 19.1 Å². The first-order chi connectivity index (χ1) is 18.0. The summed E-state index contributed by atoms with van der Waals surface area (Å²) < 4.78 is 13.9. The lowest BCUT2D eigenvalue weighted by Gasteiger charge is -2.28. The van der Waals surface area contributed by atoms with E-state index in [0.29, 0.717) is 18.1 Å². The van der Waals surface area contributed by atoms with Crippen LogP contribution in [0.5, 0.6) is 11.5 Å². The zero-order valence-electron chi connectivity index (χ0n) is 20.4. The average Bonchev–Trinajstić information content (AvgIpc) is 3.07. The highest BCUT2D eigenvalue weighted by molar-refractivity contribution is 6.30. The van der Waals surface area contributed by atoms with Gasteiger partial charge in [-0.1, -0.05) is 17.7 Å². The number of benzene rings is 3. The Kier molecular flexibility index (Phi) is 6.59. The summed E-state index contributed by atoms with van der Waals surface area (Å²) in [6, 6.07) is 18.9. The van der Waals surface area contributed by atoms with Crippen molar-refractivity contribution >= 4 is 28.6 Å². The zero-order chi connectivity index (χ0) is 25.4. The Morgan fingerprint density at radius 1 is 1.03 bits per heavy atom. The van der Waals surface area contributed by atoms with Gasteiger partial charge in [0.15, 0.2) is 0 Å². The fourth-order valence-electron chi connectivity index (χ4n) is 5.07. The van der Waals surface area contributed by atoms with Crippen LogP contribution in [-0.4, -0.2) is 51.3 Å². The predicted molar refractivity (Wildman–Crippen MR) is 142 cm³/mol. The molecule has 1 unspecified atom stereocenters. The number of hydrogen-bond acceptors (Lipinski definition) is 5. The van der Waals surface area contributed by atoms with Crippen molar-refractivity contribution in [3.63, 3.8) is 0 Å². The molecule has 0 amide bonds. The van der Waals surface area contributed by atoms with Crippen molar-refractivity contribution in [3.8, 4) is 11.5 Å². The standard InChI is InChI=1S/C29H28ClN3O4/c30-22-3-6-23(7-4-22)37-24-5-1-19-9-12-32(13-10-20(19)15-24)18-28-31-26-8-2-21(29(34)35)16-27(26)33(28)17-25-11-14-36-25/h1-8,15-16,25H,9-14,17-18H2,(H,34,35). The van der Waals surface area contributed by atoms with E-state index in [1.807, 2.05) is 30.3 Å². The Bertz CT molecular complexity index is 1450. The molecule has 0 radical (unpaired) electrons. The van der Waals surface area contributed by atoms with Gasteiger partial charge in [-0.05, 0) is 85.0 Å². The van der Waals surface area contributed by atoms with E-state index in [9.17, 15) is 9.90 Å². The summed E-state index contributed by atoms with van der Waals surface area (Å²) >= 11 is 5.99. The van der Waals surface area contributed by atoms with Crippen molar-refractivity contribution in [1.82, 2.24) is 14.5 Å². The van der Waals surface area contributed by atoms with Gasteiger partial charge in [-0.25, -0.2) is 9.78 Å². The predicted octanol–water partition coefficient (Wildman–Crippen LogP) is 5.57. The van der Waals surface area contributed by atoms with E-state index < -0.39 is 5.97 Å². The topological polar surface area (TPSA) is 76.8 Å². The summed E-state index contributed by atoms with van der Waals surface area (Å²) in [7, 11) is 0. The molecule has 1 saturated heterocycles. The number of ether oxygens (including phenoxy) is 2. The van der Waals surface area contributed by atoms with Crippen molar-refractivity contribution in [2.24, 2.45) is 0 Å². The van der Waals surface area contributed by atoms with E-state index in [2.05, 4.69) is 21.6 Å². The van der Waals surface area contributed by atoms with Gasteiger partial charge in [0.25, 0.3) is 0 Å². The number of fused-ring (bicyclic) bond motifs is 2. The third-order valence-corrected chi connectivity index (χ3v) is 7.49. The number of hydrogen-bond donors (Lipinski definition) is 1. The van der Waals surface area contributed by atoms with E-state index in [1.54, 1.807) is 18.2 Å². The van der Waals surface area contributed by atoms with E-state index in [0.717, 1.165) is 67.3 Å². The van der Waals surface area contributed by atoms with E-state index in [4.69, 9.17) is 26.1 Å². The largest absolute Gasteiger partial charge is 0.478 e. The molecule has 1 aromatic heterocycles. The monoisotopic (exact) mass is 517 g/mol. The van der Waals surface area contributed by atoms with Crippen LogP contribution in [0.1, 0.15) is 33.7 Å². The number of halogens is 1. The fraction of sp³-hybridized carbons (Fsp3) is 0.310. The smallest absolute Gasteiger partial charge is 0.335 e. The fourth-order valence-corrected chi connectivity index (χ4v) is 5.20. The maximum absolute atomic E-state index is 11.6. The van der Waals surface area contributed by atoms with Crippen molar-refractivity contribution in [2.45, 2.75) is 38.5 Å². The Labute approximate surface area is 220 Å². The molecular formula is C29H28ClN3O4. The third-order valence-electron chi connectivity index (χ3n) is 7.24. The number of carboxylic acid groups (broad SMARTS) is 1. The van der Waals surface area contributed by atoms with Gasteiger partial charge in [0.1, 0.15) is 17.3 Å². The molecule has 0 saturated carbocycles. The Morgan fingerprint density at radius 2 is 1.78 bits per heavy atom. The summed E-state index contributed by atoms with van der Waals surface area (Å²) in [5.74, 6) is 1.61. The number of aromatic carboxylic acids is 1. The Hall–Kier alpha value is -3.39. The van der Waals surface area contributed by atoms with E-state index >= 15 is 0 Å². The molecule has 37 heavy (non-hydrogen) atoms. The summed E-state index contributed by atoms with van der Waals surface area (Å²) in [6.07, 6.45) is 3.03. The molecule has 6 rings (SSSR count). The second kappa shape index (κ2) is 10.2. The summed E-state index contributed by atoms with van der Waals surface area (Å²) in [4.78, 5) is 18.9. The van der Waals surface area contributed by atoms with E-state index in [1.165, 1.54) is 11.1 Å². The summed E-state index contributed by atoms with van der Waals surface area (Å²) in [5.41, 5.74) is 4.59. The van der Waals surface area contributed by atoms with Crippen LogP contribution >= 0.6 is 11.6 Å². The van der Waals surface area contributed by atoms with Crippen molar-refractivity contribution in [1.29, 1.82) is 0 Å². The lowest BCUT2D eigenvalue weighted by molar-refractivity contribution is -0.0592. The third kappa shape index (κ3) is 5.21. The molecule has 0 aliphatic carbocycles. The molecule has 8 heteroatoms. The minimum atomic E-state index is -0.930. The molecule has 7 nitrogen and oxygen atoms in total. The maximum Gasteiger partial charge on any atom is 0.335 e. The normalized spacial score (nSPS) is 17.7. The first-order valence-corrected chi connectivity index (χ1v) is 13.0. The van der Waals surface area contributed by atoms with E-state index in [-0.39, 0.29) is 11.7 Å². The van der Waals surface area contributed by atoms with Crippen LogP contribution in [0.4, 0.5) is 0 Å². The lowest BCUT2D eigenvalue weighted by atomic mass is 10.0. The van der Waals surface area contributed by atoms with Crippen LogP contribution in [0.15, 0.2) is 60.7 Å². The molecule has 3 aromatic carbocycles. The first kappa shape index (κ1) is 24.0. The highest BCUT2D eigenvalue weighted by Gasteiger charge is 2.24. The van der Waals surface area contributed by atoms with Crippen molar-refractivity contribution in [3.05, 3.63) is 88.2 Å². The Morgan fingerprint density at radius 3 is 2.51 bits per heavy atom. The SMILES string of the molecule is O=C(O)c1ccc2nc(CN3CCc4ccc(Oc5ccc(Cl)cc5)cc4CC3)n(CC3CCO3)c2c1. The highest BCUT2D eigenvalue weighted by Crippen LogP contribution is 2.28. The summed E-state index contributed by atoms with van der Waals surface area (Å²) in [5, 5.41) is 10.2. The molecule has 0 spiro atoms. The molecule has 190 valence electrons. The molecule has 1 fully saturated rings. The minimum Gasteiger partial charge on any atom is -0.478 e. The van der Waals surface area contributed by atoms with Crippen LogP contribution in [0.25, 0.3) is 11.0 Å². The minimum absolute atomic E-state index is 0.150. The number of carboxylic acids is 1. The number of carbonyl (C=O) groups is 1. The van der Waals surface area contributed by atoms with Gasteiger partial charge in [-0.2, -0.15) is 0 Å². The second-order valence-corrected chi connectivity index (χ2v) is 10.1. The Balaban J connectivity index is 1.20. The highest BCUT2D eigenvalue weighted by atomic mass is 35.5. The molecule has 0 bridgehead atoms. The van der Waals surface area contributed by atoms with Gasteiger partial charge in [-0.15, -0.1) is 0 Å². The van der Waals surface area contributed by atoms with Gasteiger partial charge in [0.05, 0.1) is 35.8 Å². The van der Waals surface area contributed by atoms with Gasteiger partial charge in [-0.3, -0.25) is 4.90 Å². The molecule has 2 aliphatic rings. The van der Waals surface area contributed by atoms with Crippen LogP contribution in [-0.2, 0) is 30.7 Å². The first-order valence-electron chi connectivity index (χ1n) is 12.6. The molecule has 1 N–H and O–H groups in total. The van der Waals surface area contributed by atoms with Crippen LogP contribution in [0.2, 0.25) is 5.02 Å². The average molecular weight is 518 g/mol. The lowest BCUT2D eigenvalue weighted by Crippen LogP contribution is -2.33. The van der Waals surface area contributed by atoms with Gasteiger partial charge in [0, 0.05) is 24.7 Å². The molecule has 2 aliphatic heterocycles. The molecular weight excluding hydrogens is 490 g/mol.